The quantitative estimate of drug-likeness (QED) is 0.378. The predicted molar refractivity (Wildman–Crippen MR) is 80.9 cm³/mol. The van der Waals surface area contributed by atoms with Crippen LogP contribution in [0, 0.1) is 0 Å². The van der Waals surface area contributed by atoms with Crippen LogP contribution in [0.2, 0.25) is 18.0 Å². The molecule has 0 radical (unpaired) electrons. The number of esters is 1. The van der Waals surface area contributed by atoms with E-state index in [1.165, 1.54) is 71.2 Å². The van der Waals surface area contributed by atoms with Gasteiger partial charge in [-0.15, -0.1) is 0 Å². The number of methoxy groups -OCH3 is 1. The Bertz CT molecular complexity index is 258. The average Bonchev–Trinajstić information content (AvgIpc) is 2.41. The fourth-order valence-corrected chi connectivity index (χ4v) is 4.39. The molecule has 2 aliphatic rings. The second kappa shape index (κ2) is 7.96. The lowest BCUT2D eigenvalue weighted by molar-refractivity contribution is -0.140. The first kappa shape index (κ1) is 14.9. The van der Waals surface area contributed by atoms with Gasteiger partial charge >= 0.3 is 5.97 Å². The number of carbonyl (C=O) groups excluding carboxylic acids is 1. The van der Waals surface area contributed by atoms with Crippen LogP contribution >= 0.6 is 0 Å². The number of carbonyl (C=O) groups is 1. The normalized spacial score (nSPS) is 26.3. The largest absolute Gasteiger partial charge is 0.469 e. The van der Waals surface area contributed by atoms with Crippen LogP contribution in [0.3, 0.4) is 0 Å². The topological polar surface area (TPSA) is 26.3 Å². The fraction of sp³-hybridized carbons (Fsp3) is 0.938. The van der Waals surface area contributed by atoms with Gasteiger partial charge in [0.25, 0.3) is 0 Å². The van der Waals surface area contributed by atoms with Gasteiger partial charge in [0.15, 0.2) is 0 Å². The van der Waals surface area contributed by atoms with Crippen molar-refractivity contribution < 1.29 is 9.53 Å². The van der Waals surface area contributed by atoms with Crippen LogP contribution in [0.4, 0.5) is 0 Å². The number of hydrogen-bond donors (Lipinski definition) is 0. The summed E-state index contributed by atoms with van der Waals surface area (Å²) in [5, 5.41) is 0. The number of ether oxygens (including phenoxy) is 1. The Labute approximate surface area is 118 Å². The molecule has 2 aliphatic heterocycles. The zero-order valence-corrected chi connectivity index (χ0v) is 12.5. The molecule has 2 rings (SSSR count). The van der Waals surface area contributed by atoms with Crippen LogP contribution in [-0.2, 0) is 9.53 Å². The van der Waals surface area contributed by atoms with Crippen molar-refractivity contribution in [3.8, 4) is 0 Å². The van der Waals surface area contributed by atoms with E-state index in [0.717, 1.165) is 24.8 Å². The lowest BCUT2D eigenvalue weighted by Crippen LogP contribution is -2.34. The van der Waals surface area contributed by atoms with Crippen LogP contribution in [0.15, 0.2) is 0 Å². The number of rotatable bonds is 7. The van der Waals surface area contributed by atoms with Gasteiger partial charge in [-0.3, -0.25) is 4.79 Å². The van der Waals surface area contributed by atoms with Gasteiger partial charge in [-0.05, 0) is 6.42 Å². The molecule has 0 atom stereocenters. The molecule has 19 heavy (non-hydrogen) atoms. The van der Waals surface area contributed by atoms with Crippen molar-refractivity contribution in [1.82, 2.24) is 0 Å². The van der Waals surface area contributed by atoms with Crippen LogP contribution < -0.4 is 0 Å². The van der Waals surface area contributed by atoms with E-state index in [2.05, 4.69) is 4.74 Å². The first-order chi connectivity index (χ1) is 9.31. The monoisotopic (exact) mass is 264 g/mol. The zero-order chi connectivity index (χ0) is 13.5. The van der Waals surface area contributed by atoms with E-state index >= 15 is 0 Å². The molecular weight excluding hydrogens is 235 g/mol. The van der Waals surface area contributed by atoms with Crippen LogP contribution in [0.1, 0.15) is 70.6 Å². The number of fused-ring (bicyclic) bond motifs is 2. The van der Waals surface area contributed by atoms with E-state index in [4.69, 9.17) is 0 Å². The third kappa shape index (κ3) is 4.54. The molecule has 2 heterocycles. The highest BCUT2D eigenvalue weighted by atomic mass is 16.5. The minimum Gasteiger partial charge on any atom is -0.469 e. The maximum atomic E-state index is 11.0. The van der Waals surface area contributed by atoms with Gasteiger partial charge in [0.05, 0.1) is 7.11 Å². The molecule has 2 nitrogen and oxygen atoms in total. The Hall–Kier alpha value is -0.465. The Morgan fingerprint density at radius 3 is 2.16 bits per heavy atom. The summed E-state index contributed by atoms with van der Waals surface area (Å²) in [5.74, 6) is 2.06. The van der Waals surface area contributed by atoms with E-state index in [1.54, 1.807) is 0 Å². The van der Waals surface area contributed by atoms with E-state index < -0.39 is 0 Å². The van der Waals surface area contributed by atoms with E-state index in [9.17, 15) is 4.79 Å². The van der Waals surface area contributed by atoms with Crippen molar-refractivity contribution in [3.63, 3.8) is 0 Å². The first-order valence-electron chi connectivity index (χ1n) is 8.38. The smallest absolute Gasteiger partial charge is 0.305 e. The molecule has 2 bridgehead atoms. The van der Waals surface area contributed by atoms with Gasteiger partial charge in [-0.1, -0.05) is 75.7 Å². The molecule has 108 valence electrons. The maximum absolute atomic E-state index is 11.0. The third-order valence-corrected chi connectivity index (χ3v) is 5.41. The van der Waals surface area contributed by atoms with E-state index in [0.29, 0.717) is 6.42 Å². The third-order valence-electron chi connectivity index (χ3n) is 5.41. The second-order valence-corrected chi connectivity index (χ2v) is 6.57. The molecule has 0 aromatic heterocycles. The molecule has 2 fully saturated rings. The average molecular weight is 264 g/mol. The van der Waals surface area contributed by atoms with Crippen molar-refractivity contribution in [3.05, 3.63) is 0 Å². The highest BCUT2D eigenvalue weighted by molar-refractivity contribution is 6.62. The lowest BCUT2D eigenvalue weighted by atomic mass is 9.26. The van der Waals surface area contributed by atoms with Gasteiger partial charge in [0, 0.05) is 6.42 Å². The minimum atomic E-state index is -0.0539. The summed E-state index contributed by atoms with van der Waals surface area (Å²) in [5.41, 5.74) is 0. The molecule has 0 aromatic rings. The Balaban J connectivity index is 1.56. The van der Waals surface area contributed by atoms with Crippen molar-refractivity contribution in [1.29, 1.82) is 0 Å². The summed E-state index contributed by atoms with van der Waals surface area (Å²) in [4.78, 5) is 11.0. The van der Waals surface area contributed by atoms with Crippen LogP contribution in [-0.4, -0.2) is 19.8 Å². The Morgan fingerprint density at radius 1 is 1.00 bits per heavy atom. The van der Waals surface area contributed by atoms with Crippen molar-refractivity contribution >= 4 is 12.7 Å². The Kier molecular flexibility index (Phi) is 6.26. The predicted octanol–water partition coefficient (Wildman–Crippen LogP) is 4.71. The van der Waals surface area contributed by atoms with E-state index in [-0.39, 0.29) is 5.97 Å². The zero-order valence-electron chi connectivity index (χ0n) is 12.5. The van der Waals surface area contributed by atoms with Crippen molar-refractivity contribution in [2.45, 2.75) is 88.6 Å². The summed E-state index contributed by atoms with van der Waals surface area (Å²) < 4.78 is 4.66. The van der Waals surface area contributed by atoms with Crippen LogP contribution in [0.5, 0.6) is 0 Å². The van der Waals surface area contributed by atoms with E-state index in [1.807, 2.05) is 0 Å². The van der Waals surface area contributed by atoms with Crippen LogP contribution in [0.25, 0.3) is 0 Å². The molecule has 2 saturated heterocycles. The second-order valence-electron chi connectivity index (χ2n) is 6.57. The number of hydrogen-bond acceptors (Lipinski definition) is 2. The summed E-state index contributed by atoms with van der Waals surface area (Å²) in [6.45, 7) is 1.04. The molecule has 0 amide bonds. The summed E-state index contributed by atoms with van der Waals surface area (Å²) in [6, 6.07) is 0. The molecule has 0 aliphatic carbocycles. The molecule has 0 N–H and O–H groups in total. The summed E-state index contributed by atoms with van der Waals surface area (Å²) in [6.07, 6.45) is 15.9. The molecule has 0 saturated carbocycles. The highest BCUT2D eigenvalue weighted by Gasteiger charge is 2.37. The highest BCUT2D eigenvalue weighted by Crippen LogP contribution is 2.48. The van der Waals surface area contributed by atoms with Gasteiger partial charge in [-0.25, -0.2) is 0 Å². The standard InChI is InChI=1S/C16H29BO2/c1-19-16(18)12-4-2-3-5-13-17-14-8-6-9-15(17)11-7-10-14/h14-15H,2-13H2,1H3. The SMILES string of the molecule is COC(=O)CCCCCCB1C2CCCC1CCC2. The van der Waals surface area contributed by atoms with Gasteiger partial charge in [-0.2, -0.15) is 0 Å². The molecule has 0 aromatic carbocycles. The van der Waals surface area contributed by atoms with Gasteiger partial charge in [0.2, 0.25) is 0 Å². The van der Waals surface area contributed by atoms with Gasteiger partial charge in [0.1, 0.15) is 6.71 Å². The van der Waals surface area contributed by atoms with Crippen molar-refractivity contribution in [2.75, 3.05) is 7.11 Å². The summed E-state index contributed by atoms with van der Waals surface area (Å²) >= 11 is 0. The molecule has 0 unspecified atom stereocenters. The molecular formula is C16H29BO2. The molecule has 0 spiro atoms. The van der Waals surface area contributed by atoms with Crippen molar-refractivity contribution in [2.24, 2.45) is 0 Å². The number of unbranched alkanes of at least 4 members (excludes halogenated alkanes) is 3. The first-order valence-corrected chi connectivity index (χ1v) is 8.38. The Morgan fingerprint density at radius 2 is 1.58 bits per heavy atom. The minimum absolute atomic E-state index is 0.0539. The lowest BCUT2D eigenvalue weighted by Gasteiger charge is -2.40. The van der Waals surface area contributed by atoms with Gasteiger partial charge < -0.3 is 4.74 Å². The fourth-order valence-electron chi connectivity index (χ4n) is 4.39. The maximum Gasteiger partial charge on any atom is 0.305 e. The summed E-state index contributed by atoms with van der Waals surface area (Å²) in [7, 11) is 1.48. The molecule has 3 heteroatoms.